The van der Waals surface area contributed by atoms with Crippen molar-refractivity contribution >= 4 is 28.5 Å². The Balaban J connectivity index is 1.65. The summed E-state index contributed by atoms with van der Waals surface area (Å²) >= 11 is 0. The van der Waals surface area contributed by atoms with Gasteiger partial charge in [0, 0.05) is 5.70 Å². The summed E-state index contributed by atoms with van der Waals surface area (Å²) in [5.41, 5.74) is 3.76. The summed E-state index contributed by atoms with van der Waals surface area (Å²) in [7, 11) is 1.43. The second-order valence-electron chi connectivity index (χ2n) is 8.59. The Morgan fingerprint density at radius 3 is 2.53 bits per heavy atom. The number of allylic oxidation sites excluding steroid dienone is 1. The Hall–Kier alpha value is -4.06. The number of ether oxygens (including phenoxy) is 1. The lowest BCUT2D eigenvalue weighted by Gasteiger charge is -2.35. The monoisotopic (exact) mass is 501 g/mol. The smallest absolute Gasteiger partial charge is 0.406 e. The summed E-state index contributed by atoms with van der Waals surface area (Å²) in [6.45, 7) is 1.05. The molecule has 1 aromatic heterocycles. The topological polar surface area (TPSA) is 109 Å². The number of hydrogen-bond acceptors (Lipinski definition) is 6. The van der Waals surface area contributed by atoms with Gasteiger partial charge in [0.1, 0.15) is 41.4 Å². The zero-order valence-corrected chi connectivity index (χ0v) is 19.2. The van der Waals surface area contributed by atoms with Gasteiger partial charge in [-0.3, -0.25) is 9.59 Å². The van der Waals surface area contributed by atoms with Crippen LogP contribution in [0.5, 0.6) is 5.75 Å². The zero-order valence-electron chi connectivity index (χ0n) is 19.2. The van der Waals surface area contributed by atoms with Crippen LogP contribution in [0, 0.1) is 0 Å². The second-order valence-corrected chi connectivity index (χ2v) is 8.59. The molecule has 1 saturated heterocycles. The Morgan fingerprint density at radius 2 is 1.89 bits per heavy atom. The van der Waals surface area contributed by atoms with Crippen LogP contribution in [-0.4, -0.2) is 57.0 Å². The molecule has 3 unspecified atom stereocenters. The molecule has 5 rings (SSSR count). The lowest BCUT2D eigenvalue weighted by molar-refractivity contribution is -0.161. The molecule has 0 saturated carbocycles. The van der Waals surface area contributed by atoms with Gasteiger partial charge < -0.3 is 19.7 Å². The van der Waals surface area contributed by atoms with E-state index < -0.39 is 42.7 Å². The summed E-state index contributed by atoms with van der Waals surface area (Å²) in [5, 5.41) is 13.5. The molecule has 12 heteroatoms. The lowest BCUT2D eigenvalue weighted by Crippen LogP contribution is -2.54. The number of rotatable bonds is 5. The number of para-hydroxylation sites is 1. The van der Waals surface area contributed by atoms with Gasteiger partial charge >= 0.3 is 12.1 Å². The van der Waals surface area contributed by atoms with Crippen LogP contribution in [0.4, 0.5) is 13.2 Å². The van der Waals surface area contributed by atoms with Gasteiger partial charge in [0.25, 0.3) is 5.91 Å². The fourth-order valence-electron chi connectivity index (χ4n) is 4.93. The van der Waals surface area contributed by atoms with Crippen molar-refractivity contribution in [2.45, 2.75) is 37.8 Å². The predicted octanol–water partition coefficient (Wildman–Crippen LogP) is 2.85. The molecule has 2 aromatic carbocycles. The molecule has 0 bridgehead atoms. The third-order valence-corrected chi connectivity index (χ3v) is 6.44. The van der Waals surface area contributed by atoms with Crippen LogP contribution < -0.4 is 15.5 Å². The number of imidazole rings is 1. The van der Waals surface area contributed by atoms with Crippen LogP contribution in [-0.2, 0) is 16.1 Å². The van der Waals surface area contributed by atoms with E-state index in [1.807, 2.05) is 0 Å². The molecule has 2 aliphatic rings. The minimum Gasteiger partial charge on any atom is -0.494 e. The number of hydrogen-bond donors (Lipinski definition) is 3. The number of amides is 1. The SMILES string of the molecule is COc1cccc2c1nc(C1=C(C)NC3C(c4ccccc4)C(C(F)(F)F)NN3C1=O)n2CC(=O)O. The molecule has 1 fully saturated rings. The molecule has 36 heavy (non-hydrogen) atoms. The zero-order chi connectivity index (χ0) is 25.8. The molecule has 0 aliphatic carbocycles. The third kappa shape index (κ3) is 3.73. The van der Waals surface area contributed by atoms with Crippen molar-refractivity contribution in [1.29, 1.82) is 0 Å². The van der Waals surface area contributed by atoms with Gasteiger partial charge in [0.05, 0.1) is 18.5 Å². The van der Waals surface area contributed by atoms with Gasteiger partial charge in [-0.1, -0.05) is 36.4 Å². The molecule has 3 heterocycles. The number of fused-ring (bicyclic) bond motifs is 2. The van der Waals surface area contributed by atoms with E-state index in [-0.39, 0.29) is 17.1 Å². The maximum atomic E-state index is 14.1. The molecular formula is C24H22F3N5O4. The second kappa shape index (κ2) is 8.55. The van der Waals surface area contributed by atoms with E-state index in [9.17, 15) is 27.9 Å². The van der Waals surface area contributed by atoms with E-state index in [0.29, 0.717) is 22.3 Å². The first-order valence-corrected chi connectivity index (χ1v) is 11.1. The molecule has 3 atom stereocenters. The number of carbonyl (C=O) groups is 2. The molecule has 2 aliphatic heterocycles. The van der Waals surface area contributed by atoms with Crippen molar-refractivity contribution in [3.05, 3.63) is 65.6 Å². The van der Waals surface area contributed by atoms with E-state index in [4.69, 9.17) is 4.74 Å². The van der Waals surface area contributed by atoms with Crippen LogP contribution in [0.1, 0.15) is 24.2 Å². The maximum Gasteiger partial charge on any atom is 0.406 e. The number of alkyl halides is 3. The third-order valence-electron chi connectivity index (χ3n) is 6.44. The van der Waals surface area contributed by atoms with E-state index in [1.165, 1.54) is 11.7 Å². The molecule has 0 radical (unpaired) electrons. The maximum absolute atomic E-state index is 14.1. The van der Waals surface area contributed by atoms with Crippen molar-refractivity contribution in [2.75, 3.05) is 7.11 Å². The van der Waals surface area contributed by atoms with Crippen LogP contribution in [0.3, 0.4) is 0 Å². The molecular weight excluding hydrogens is 479 g/mol. The first kappa shape index (κ1) is 23.7. The van der Waals surface area contributed by atoms with Crippen molar-refractivity contribution < 1.29 is 32.6 Å². The Labute approximate surface area is 203 Å². The minimum absolute atomic E-state index is 0.0128. The number of carboxylic acids is 1. The standard InChI is InChI=1S/C24H22F3N5O4/c1-12-17(21-29-19-14(31(21)11-16(33)34)9-6-10-15(19)36-2)23(35)32-22(28-12)18(13-7-4-3-5-8-13)20(30-32)24(25,26)27/h3-10,18,20,22,28,30H,11H2,1-2H3,(H,33,34). The quantitative estimate of drug-likeness (QED) is 0.493. The number of carbonyl (C=O) groups excluding carboxylic acids is 1. The Bertz CT molecular complexity index is 1390. The van der Waals surface area contributed by atoms with Gasteiger partial charge in [0.15, 0.2) is 0 Å². The number of carboxylic acid groups (broad SMARTS) is 1. The van der Waals surface area contributed by atoms with Crippen molar-refractivity contribution in [2.24, 2.45) is 0 Å². The normalized spacial score (nSPS) is 22.1. The predicted molar refractivity (Wildman–Crippen MR) is 122 cm³/mol. The number of benzene rings is 2. The first-order valence-electron chi connectivity index (χ1n) is 11.1. The molecule has 3 N–H and O–H groups in total. The molecule has 9 nitrogen and oxygen atoms in total. The largest absolute Gasteiger partial charge is 0.494 e. The summed E-state index contributed by atoms with van der Waals surface area (Å²) < 4.78 is 48.9. The number of hydrazine groups is 1. The summed E-state index contributed by atoms with van der Waals surface area (Å²) in [6, 6.07) is 11.1. The number of nitrogens with zero attached hydrogens (tertiary/aromatic N) is 3. The number of halogens is 3. The minimum atomic E-state index is -4.64. The van der Waals surface area contributed by atoms with Gasteiger partial charge in [-0.2, -0.15) is 13.2 Å². The van der Waals surface area contributed by atoms with E-state index >= 15 is 0 Å². The Kier molecular flexibility index (Phi) is 5.62. The van der Waals surface area contributed by atoms with Crippen molar-refractivity contribution in [3.63, 3.8) is 0 Å². The van der Waals surface area contributed by atoms with Gasteiger partial charge in [-0.15, -0.1) is 0 Å². The number of aromatic nitrogens is 2. The first-order chi connectivity index (χ1) is 17.1. The highest BCUT2D eigenvalue weighted by Crippen LogP contribution is 2.42. The fraction of sp³-hybridized carbons (Fsp3) is 0.292. The van der Waals surface area contributed by atoms with Crippen molar-refractivity contribution in [1.82, 2.24) is 25.3 Å². The Morgan fingerprint density at radius 1 is 1.17 bits per heavy atom. The van der Waals surface area contributed by atoms with E-state index in [0.717, 1.165) is 5.01 Å². The van der Waals surface area contributed by atoms with Crippen LogP contribution in [0.25, 0.3) is 16.6 Å². The molecule has 188 valence electrons. The summed E-state index contributed by atoms with van der Waals surface area (Å²) in [5.74, 6) is -2.66. The van der Waals surface area contributed by atoms with Crippen LogP contribution in [0.2, 0.25) is 0 Å². The summed E-state index contributed by atoms with van der Waals surface area (Å²) in [6.07, 6.45) is -5.67. The molecule has 1 amide bonds. The van der Waals surface area contributed by atoms with Crippen LogP contribution >= 0.6 is 0 Å². The molecule has 3 aromatic rings. The summed E-state index contributed by atoms with van der Waals surface area (Å²) in [4.78, 5) is 29.9. The van der Waals surface area contributed by atoms with Gasteiger partial charge in [0.2, 0.25) is 0 Å². The average Bonchev–Trinajstić information content (AvgIpc) is 3.38. The van der Waals surface area contributed by atoms with E-state index in [2.05, 4.69) is 15.7 Å². The highest BCUT2D eigenvalue weighted by molar-refractivity contribution is 6.20. The number of nitrogens with one attached hydrogen (secondary N) is 2. The number of methoxy groups -OCH3 is 1. The fourth-order valence-corrected chi connectivity index (χ4v) is 4.93. The van der Waals surface area contributed by atoms with E-state index in [1.54, 1.807) is 55.5 Å². The van der Waals surface area contributed by atoms with Gasteiger partial charge in [-0.05, 0) is 24.6 Å². The average molecular weight is 501 g/mol. The molecule has 0 spiro atoms. The van der Waals surface area contributed by atoms with Crippen molar-refractivity contribution in [3.8, 4) is 5.75 Å². The highest BCUT2D eigenvalue weighted by Gasteiger charge is 2.58. The lowest BCUT2D eigenvalue weighted by atomic mass is 9.89. The number of aliphatic carboxylic acids is 1. The van der Waals surface area contributed by atoms with Gasteiger partial charge in [-0.25, -0.2) is 15.4 Å². The van der Waals surface area contributed by atoms with Crippen LogP contribution in [0.15, 0.2) is 54.2 Å². The highest BCUT2D eigenvalue weighted by atomic mass is 19.4.